The first-order chi connectivity index (χ1) is 16.3. The van der Waals surface area contributed by atoms with Gasteiger partial charge in [0.05, 0.1) is 0 Å². The van der Waals surface area contributed by atoms with E-state index in [1.54, 1.807) is 4.90 Å². The summed E-state index contributed by atoms with van der Waals surface area (Å²) in [5.41, 5.74) is 6.11. The normalized spacial score (nSPS) is 10.8. The first kappa shape index (κ1) is 24.7. The highest BCUT2D eigenvalue weighted by molar-refractivity contribution is 5.91. The number of H-pyrrole nitrogens is 1. The highest BCUT2D eigenvalue weighted by Gasteiger charge is 2.20. The van der Waals surface area contributed by atoms with Crippen molar-refractivity contribution < 1.29 is 13.6 Å². The minimum Gasteiger partial charge on any atom is -0.383 e. The van der Waals surface area contributed by atoms with Crippen LogP contribution in [0, 0.1) is 11.6 Å². The summed E-state index contributed by atoms with van der Waals surface area (Å²) in [5.74, 6) is -2.52. The van der Waals surface area contributed by atoms with E-state index in [2.05, 4.69) is 10.3 Å². The number of rotatable bonds is 10. The van der Waals surface area contributed by atoms with Crippen molar-refractivity contribution in [3.63, 3.8) is 0 Å². The molecule has 4 N–H and O–H groups in total. The third-order valence-corrected chi connectivity index (χ3v) is 5.29. The Morgan fingerprint density at radius 2 is 1.85 bits per heavy atom. The molecule has 0 saturated heterocycles. The number of nitrogens with one attached hydrogen (secondary N) is 2. The third-order valence-electron chi connectivity index (χ3n) is 5.29. The Bertz CT molecular complexity index is 1260. The number of unbranched alkanes of at least 4 members (excludes halogenated alkanes) is 1. The number of aromatic nitrogens is 2. The van der Waals surface area contributed by atoms with E-state index < -0.39 is 28.8 Å². The molecule has 0 saturated carbocycles. The van der Waals surface area contributed by atoms with E-state index in [1.807, 2.05) is 37.3 Å². The van der Waals surface area contributed by atoms with Crippen LogP contribution in [0.25, 0.3) is 0 Å². The van der Waals surface area contributed by atoms with Crippen molar-refractivity contribution in [2.75, 3.05) is 22.5 Å². The van der Waals surface area contributed by atoms with Gasteiger partial charge in [-0.3, -0.25) is 19.1 Å². The van der Waals surface area contributed by atoms with Crippen LogP contribution in [0.15, 0.2) is 58.1 Å². The van der Waals surface area contributed by atoms with Crippen LogP contribution in [0.1, 0.15) is 31.7 Å². The highest BCUT2D eigenvalue weighted by atomic mass is 19.2. The average Bonchev–Trinajstić information content (AvgIpc) is 2.80. The molecule has 0 bridgehead atoms. The molecule has 8 nitrogen and oxygen atoms in total. The minimum atomic E-state index is -1.07. The van der Waals surface area contributed by atoms with Gasteiger partial charge in [0.1, 0.15) is 11.5 Å². The number of halogens is 2. The molecule has 0 aliphatic heterocycles. The maximum atomic E-state index is 13.4. The fourth-order valence-electron chi connectivity index (χ4n) is 3.53. The molecule has 0 unspecified atom stereocenters. The fourth-order valence-corrected chi connectivity index (χ4v) is 3.53. The van der Waals surface area contributed by atoms with Gasteiger partial charge in [-0.05, 0) is 24.1 Å². The molecule has 0 radical (unpaired) electrons. The molecule has 2 aromatic carbocycles. The number of nitrogens with two attached hydrogens (primary N) is 1. The lowest BCUT2D eigenvalue weighted by molar-refractivity contribution is -0.116. The van der Waals surface area contributed by atoms with Gasteiger partial charge in [0.15, 0.2) is 11.6 Å². The molecule has 0 fully saturated rings. The van der Waals surface area contributed by atoms with Gasteiger partial charge >= 0.3 is 5.69 Å². The molecular weight excluding hydrogens is 444 g/mol. The Morgan fingerprint density at radius 1 is 1.12 bits per heavy atom. The summed E-state index contributed by atoms with van der Waals surface area (Å²) in [7, 11) is 0. The number of nitrogen functional groups attached to an aromatic ring is 1. The van der Waals surface area contributed by atoms with E-state index >= 15 is 0 Å². The Labute approximate surface area is 195 Å². The van der Waals surface area contributed by atoms with Gasteiger partial charge in [-0.2, -0.15) is 0 Å². The second kappa shape index (κ2) is 11.3. The number of amides is 1. The molecule has 1 heterocycles. The largest absolute Gasteiger partial charge is 0.383 e. The molecule has 180 valence electrons. The van der Waals surface area contributed by atoms with Crippen molar-refractivity contribution in [2.24, 2.45) is 0 Å². The van der Waals surface area contributed by atoms with Gasteiger partial charge in [0, 0.05) is 37.8 Å². The highest BCUT2D eigenvalue weighted by Crippen LogP contribution is 2.21. The van der Waals surface area contributed by atoms with Gasteiger partial charge in [-0.25, -0.2) is 13.6 Å². The monoisotopic (exact) mass is 471 g/mol. The summed E-state index contributed by atoms with van der Waals surface area (Å²) < 4.78 is 27.9. The van der Waals surface area contributed by atoms with Gasteiger partial charge in [0.2, 0.25) is 5.91 Å². The number of anilines is 3. The lowest BCUT2D eigenvalue weighted by atomic mass is 10.2. The predicted molar refractivity (Wildman–Crippen MR) is 128 cm³/mol. The minimum absolute atomic E-state index is 0.0270. The van der Waals surface area contributed by atoms with Crippen molar-refractivity contribution in [1.29, 1.82) is 0 Å². The van der Waals surface area contributed by atoms with E-state index in [4.69, 9.17) is 5.73 Å². The number of benzene rings is 2. The summed E-state index contributed by atoms with van der Waals surface area (Å²) in [4.78, 5) is 41.5. The molecule has 1 amide bonds. The average molecular weight is 472 g/mol. The van der Waals surface area contributed by atoms with E-state index in [-0.39, 0.29) is 36.7 Å². The molecule has 1 aromatic heterocycles. The fraction of sp³-hybridized carbons (Fsp3) is 0.292. The second-order valence-corrected chi connectivity index (χ2v) is 7.83. The van der Waals surface area contributed by atoms with Crippen LogP contribution in [-0.4, -0.2) is 22.0 Å². The van der Waals surface area contributed by atoms with Crippen LogP contribution >= 0.6 is 0 Å². The van der Waals surface area contributed by atoms with E-state index in [0.717, 1.165) is 24.1 Å². The molecule has 10 heteroatoms. The zero-order chi connectivity index (χ0) is 24.7. The Kier molecular flexibility index (Phi) is 8.18. The van der Waals surface area contributed by atoms with E-state index in [1.165, 1.54) is 10.6 Å². The quantitative estimate of drug-likeness (QED) is 0.420. The summed E-state index contributed by atoms with van der Waals surface area (Å²) in [5, 5.41) is 2.51. The molecular formula is C24H27F2N5O3. The molecule has 34 heavy (non-hydrogen) atoms. The van der Waals surface area contributed by atoms with Crippen molar-refractivity contribution in [1.82, 2.24) is 9.55 Å². The van der Waals surface area contributed by atoms with Crippen molar-refractivity contribution in [3.05, 3.63) is 86.6 Å². The summed E-state index contributed by atoms with van der Waals surface area (Å²) >= 11 is 0. The number of nitrogens with zero attached hydrogens (tertiary/aromatic N) is 2. The number of carbonyl (C=O) groups is 1. The first-order valence-electron chi connectivity index (χ1n) is 11.0. The zero-order valence-electron chi connectivity index (χ0n) is 18.8. The Hall–Kier alpha value is -3.95. The maximum Gasteiger partial charge on any atom is 0.330 e. The van der Waals surface area contributed by atoms with Gasteiger partial charge in [-0.15, -0.1) is 0 Å². The number of hydrogen-bond donors (Lipinski definition) is 3. The zero-order valence-corrected chi connectivity index (χ0v) is 18.8. The van der Waals surface area contributed by atoms with Crippen LogP contribution in [0.4, 0.5) is 26.0 Å². The first-order valence-corrected chi connectivity index (χ1v) is 11.0. The van der Waals surface area contributed by atoms with Gasteiger partial charge < -0.3 is 16.0 Å². The van der Waals surface area contributed by atoms with E-state index in [0.29, 0.717) is 13.0 Å². The van der Waals surface area contributed by atoms with Crippen molar-refractivity contribution in [2.45, 2.75) is 39.3 Å². The predicted octanol–water partition coefficient (Wildman–Crippen LogP) is 3.23. The maximum absolute atomic E-state index is 13.4. The lowest BCUT2D eigenvalue weighted by Crippen LogP contribution is -2.39. The smallest absolute Gasteiger partial charge is 0.330 e. The van der Waals surface area contributed by atoms with Crippen LogP contribution in [0.5, 0.6) is 0 Å². The van der Waals surface area contributed by atoms with Crippen LogP contribution in [-0.2, 0) is 17.9 Å². The Balaban J connectivity index is 1.87. The summed E-state index contributed by atoms with van der Waals surface area (Å²) in [6, 6.07) is 12.4. The molecule has 3 aromatic rings. The molecule has 0 spiro atoms. The van der Waals surface area contributed by atoms with Crippen LogP contribution in [0.2, 0.25) is 0 Å². The van der Waals surface area contributed by atoms with Crippen LogP contribution in [0.3, 0.4) is 0 Å². The van der Waals surface area contributed by atoms with Crippen molar-refractivity contribution >= 4 is 23.1 Å². The number of aromatic amines is 1. The topological polar surface area (TPSA) is 113 Å². The lowest BCUT2D eigenvalue weighted by Gasteiger charge is -2.26. The summed E-state index contributed by atoms with van der Waals surface area (Å²) in [6.07, 6.45) is 1.46. The summed E-state index contributed by atoms with van der Waals surface area (Å²) in [6.45, 7) is 2.67. The molecule has 3 rings (SSSR count). The number of carbonyl (C=O) groups excluding carboxylic acids is 1. The SMILES string of the molecule is CCCCn1c(N)c(N(CCC(=O)Nc2ccc(F)c(F)c2)Cc2ccccc2)c(=O)[nH]c1=O. The van der Waals surface area contributed by atoms with Gasteiger partial charge in [0.25, 0.3) is 5.56 Å². The van der Waals surface area contributed by atoms with Crippen LogP contribution < -0.4 is 27.2 Å². The van der Waals surface area contributed by atoms with Gasteiger partial charge in [-0.1, -0.05) is 43.7 Å². The molecule has 0 atom stereocenters. The standard InChI is InChI=1S/C24H27F2N5O3/c1-2-3-12-31-22(27)21(23(33)29-24(31)34)30(15-16-7-5-4-6-8-16)13-11-20(32)28-17-9-10-18(25)19(26)14-17/h4-10,14H,2-3,11-13,15,27H2,1H3,(H,28,32)(H,29,33,34). The number of hydrogen-bond acceptors (Lipinski definition) is 5. The third kappa shape index (κ3) is 6.09. The molecule has 0 aliphatic carbocycles. The van der Waals surface area contributed by atoms with Crippen molar-refractivity contribution in [3.8, 4) is 0 Å². The Morgan fingerprint density at radius 3 is 2.53 bits per heavy atom. The second-order valence-electron chi connectivity index (χ2n) is 7.83. The van der Waals surface area contributed by atoms with E-state index in [9.17, 15) is 23.2 Å². The molecule has 0 aliphatic rings.